The van der Waals surface area contributed by atoms with Gasteiger partial charge in [-0.2, -0.15) is 39.2 Å². The van der Waals surface area contributed by atoms with Gasteiger partial charge in [0.1, 0.15) is 9.84 Å². The Labute approximate surface area is 187 Å². The summed E-state index contributed by atoms with van der Waals surface area (Å²) in [5.74, 6) is -10.5. The number of sulfonamides is 1. The van der Waals surface area contributed by atoms with Gasteiger partial charge >= 0.3 is 26.5 Å². The van der Waals surface area contributed by atoms with Crippen molar-refractivity contribution in [3.63, 3.8) is 0 Å². The molecule has 0 spiro atoms. The van der Waals surface area contributed by atoms with E-state index in [0.717, 1.165) is 0 Å². The molecule has 0 rings (SSSR count). The molecule has 0 saturated heterocycles. The smallest absolute Gasteiger partial charge is 0.434 e. The summed E-state index contributed by atoms with van der Waals surface area (Å²) in [6.07, 6.45) is 1.09. The Hall–Kier alpha value is -1.74. The lowest BCUT2D eigenvalue weighted by molar-refractivity contribution is -0.244. The highest BCUT2D eigenvalue weighted by atomic mass is 32.3. The molecule has 0 amide bonds. The quantitative estimate of drug-likeness (QED) is 0.113. The highest BCUT2D eigenvalue weighted by molar-refractivity contribution is 8.13. The summed E-state index contributed by atoms with van der Waals surface area (Å²) in [5, 5.41) is -2.16. The van der Waals surface area contributed by atoms with Gasteiger partial charge in [-0.05, 0) is 24.7 Å². The molecule has 0 N–H and O–H groups in total. The van der Waals surface area contributed by atoms with Gasteiger partial charge in [0.05, 0.1) is 0 Å². The molecule has 0 aromatic rings. The maximum Gasteiger partial charge on any atom is 0.434 e. The van der Waals surface area contributed by atoms with Crippen molar-refractivity contribution in [3.8, 4) is 0 Å². The lowest BCUT2D eigenvalue weighted by Crippen LogP contribution is -2.61. The lowest BCUT2D eigenvalue weighted by Gasteiger charge is -2.33. The van der Waals surface area contributed by atoms with Crippen LogP contribution in [-0.2, 0) is 29.7 Å². The maximum absolute atomic E-state index is 14.1. The summed E-state index contributed by atoms with van der Waals surface area (Å²) in [6, 6.07) is 0. The van der Waals surface area contributed by atoms with Crippen LogP contribution in [0.4, 0.5) is 26.3 Å². The Bertz CT molecular complexity index is 1100. The van der Waals surface area contributed by atoms with Gasteiger partial charge < -0.3 is 9.95 Å². The van der Waals surface area contributed by atoms with Crippen LogP contribution in [0.3, 0.4) is 0 Å². The number of hydrogen-bond acceptors (Lipinski definition) is 7. The molecule has 0 saturated carbocycles. The van der Waals surface area contributed by atoms with Gasteiger partial charge in [-0.25, -0.2) is 8.42 Å². The van der Waals surface area contributed by atoms with Crippen molar-refractivity contribution in [3.05, 3.63) is 16.1 Å². The van der Waals surface area contributed by atoms with E-state index in [1.165, 1.54) is 6.92 Å². The molecule has 0 aliphatic rings. The fourth-order valence-corrected chi connectivity index (χ4v) is 6.24. The standard InChI is InChI=1S/C15H21F6N2O7S3/c1-5-7-8-9-10(6-2)11(24)23-33(29,30)15(20,21)13(16,17)14(18,19)32(27,28)12(22-3)31(4,25)26/h10H,5-9H2,1-2,4H3,(H,23,24)/q-1/p-1. The third-order valence-electron chi connectivity index (χ3n) is 4.24. The highest BCUT2D eigenvalue weighted by Gasteiger charge is 2.82. The predicted molar refractivity (Wildman–Crippen MR) is 103 cm³/mol. The molecule has 0 aromatic heterocycles. The number of alkyl halides is 6. The molecule has 0 aliphatic carbocycles. The minimum Gasteiger partial charge on any atom is -0.861 e. The van der Waals surface area contributed by atoms with E-state index in [1.807, 2.05) is 4.40 Å². The topological polar surface area (TPSA) is 142 Å². The van der Waals surface area contributed by atoms with Crippen molar-refractivity contribution in [1.29, 1.82) is 0 Å². The molecule has 1 atom stereocenters. The fraction of sp³-hybridized carbons (Fsp3) is 0.800. The van der Waals surface area contributed by atoms with E-state index in [9.17, 15) is 56.7 Å². The van der Waals surface area contributed by atoms with Gasteiger partial charge in [0, 0.05) is 6.26 Å². The van der Waals surface area contributed by atoms with Gasteiger partial charge in [0.15, 0.2) is 9.84 Å². The van der Waals surface area contributed by atoms with Gasteiger partial charge in [0.2, 0.25) is 4.71 Å². The summed E-state index contributed by atoms with van der Waals surface area (Å²) in [6.45, 7) is 9.42. The Morgan fingerprint density at radius 1 is 1.00 bits per heavy atom. The number of nitrogens with zero attached hydrogens (tertiary/aromatic N) is 2. The number of hydrogen-bond donors (Lipinski definition) is 0. The molecule has 0 bridgehead atoms. The summed E-state index contributed by atoms with van der Waals surface area (Å²) < 4.78 is 153. The van der Waals surface area contributed by atoms with Crippen LogP contribution in [-0.4, -0.2) is 53.8 Å². The van der Waals surface area contributed by atoms with Crippen LogP contribution in [0.5, 0.6) is 0 Å². The van der Waals surface area contributed by atoms with Gasteiger partial charge in [0.25, 0.3) is 0 Å². The van der Waals surface area contributed by atoms with Crippen molar-refractivity contribution in [1.82, 2.24) is 0 Å². The number of halogens is 6. The number of rotatable bonds is 13. The van der Waals surface area contributed by atoms with Crippen LogP contribution in [0.15, 0.2) is 4.40 Å². The summed E-state index contributed by atoms with van der Waals surface area (Å²) in [4.78, 5) is 1.68. The molecule has 0 fully saturated rings. The van der Waals surface area contributed by atoms with E-state index in [2.05, 4.69) is 0 Å². The van der Waals surface area contributed by atoms with Crippen LogP contribution < -0.4 is 5.11 Å². The molecule has 0 aromatic carbocycles. The van der Waals surface area contributed by atoms with Crippen LogP contribution in [0.1, 0.15) is 46.0 Å². The number of sulfone groups is 2. The second-order valence-electron chi connectivity index (χ2n) is 6.77. The number of unbranched alkanes of at least 4 members (excludes halogenated alkanes) is 2. The molecular weight excluding hydrogens is 530 g/mol. The minimum atomic E-state index is -7.35. The normalized spacial score (nSPS) is 15.7. The molecule has 194 valence electrons. The average molecular weight is 551 g/mol. The van der Waals surface area contributed by atoms with Gasteiger partial charge in [-0.15, -0.1) is 0 Å². The fourth-order valence-electron chi connectivity index (χ4n) is 2.35. The lowest BCUT2D eigenvalue weighted by atomic mass is 9.99. The Kier molecular flexibility index (Phi) is 9.72. The molecule has 0 heterocycles. The van der Waals surface area contributed by atoms with Crippen LogP contribution >= 0.6 is 0 Å². The van der Waals surface area contributed by atoms with E-state index < -0.39 is 62.7 Å². The Morgan fingerprint density at radius 3 is 1.85 bits per heavy atom. The largest absolute Gasteiger partial charge is 0.861 e. The maximum atomic E-state index is 14.1. The monoisotopic (exact) mass is 550 g/mol. The van der Waals surface area contributed by atoms with E-state index in [1.54, 1.807) is 11.8 Å². The van der Waals surface area contributed by atoms with Crippen molar-refractivity contribution >= 4 is 35.6 Å². The third kappa shape index (κ3) is 5.85. The van der Waals surface area contributed by atoms with Crippen LogP contribution in [0.2, 0.25) is 0 Å². The second-order valence-corrected chi connectivity index (χ2v) is 12.5. The first-order valence-corrected chi connectivity index (χ1v) is 13.8. The zero-order valence-corrected chi connectivity index (χ0v) is 19.8. The first-order valence-electron chi connectivity index (χ1n) is 8.94. The van der Waals surface area contributed by atoms with Crippen LogP contribution in [0.25, 0.3) is 4.85 Å². The highest BCUT2D eigenvalue weighted by Crippen LogP contribution is 2.53. The minimum absolute atomic E-state index is 0.0770. The zero-order valence-electron chi connectivity index (χ0n) is 17.4. The molecule has 33 heavy (non-hydrogen) atoms. The second kappa shape index (κ2) is 10.3. The molecule has 18 heteroatoms. The zero-order chi connectivity index (χ0) is 26.7. The molecule has 9 nitrogen and oxygen atoms in total. The molecular formula is C15H20F6N2O7S3-2. The Balaban J connectivity index is 6.57. The Morgan fingerprint density at radius 2 is 1.48 bits per heavy atom. The summed E-state index contributed by atoms with van der Waals surface area (Å²) >= 11 is 0. The van der Waals surface area contributed by atoms with Crippen LogP contribution in [0, 0.1) is 17.2 Å². The molecule has 0 radical (unpaired) electrons. The third-order valence-corrected chi connectivity index (χ3v) is 9.34. The van der Waals surface area contributed by atoms with E-state index >= 15 is 0 Å². The summed E-state index contributed by atoms with van der Waals surface area (Å²) in [5.41, 5.74) is 0. The predicted octanol–water partition coefficient (Wildman–Crippen LogP) is 2.33. The van der Waals surface area contributed by atoms with Crippen molar-refractivity contribution < 1.29 is 56.7 Å². The first kappa shape index (κ1) is 31.3. The van der Waals surface area contributed by atoms with Gasteiger partial charge in [-0.1, -0.05) is 33.1 Å². The average Bonchev–Trinajstić information content (AvgIpc) is 2.63. The van der Waals surface area contributed by atoms with E-state index in [0.29, 0.717) is 19.3 Å². The first-order chi connectivity index (χ1) is 14.6. The SMILES string of the molecule is [C-]#[N+][C-](S(C)(=O)=O)S(=O)(=O)C(F)(F)C(F)(F)C(F)(F)S(=O)(=O)N=C([O-])C(CC)CCCCC. The van der Waals surface area contributed by atoms with Crippen molar-refractivity contribution in [2.24, 2.45) is 10.3 Å². The van der Waals surface area contributed by atoms with E-state index in [-0.39, 0.29) is 19.1 Å². The summed E-state index contributed by atoms with van der Waals surface area (Å²) in [7, 11) is -19.9. The van der Waals surface area contributed by atoms with Crippen molar-refractivity contribution in [2.45, 2.75) is 62.4 Å². The van der Waals surface area contributed by atoms with E-state index in [4.69, 9.17) is 6.57 Å². The molecule has 1 unspecified atom stereocenters. The van der Waals surface area contributed by atoms with Gasteiger partial charge in [-0.3, -0.25) is 15.0 Å². The molecule has 0 aliphatic heterocycles. The van der Waals surface area contributed by atoms with Crippen molar-refractivity contribution in [2.75, 3.05) is 6.26 Å².